The van der Waals surface area contributed by atoms with Crippen LogP contribution >= 0.6 is 0 Å². The molecule has 0 aromatic carbocycles. The maximum Gasteiger partial charge on any atom is 0.228 e. The summed E-state index contributed by atoms with van der Waals surface area (Å²) in [5, 5.41) is 9.20. The van der Waals surface area contributed by atoms with Gasteiger partial charge in [0.25, 0.3) is 0 Å². The third-order valence-corrected chi connectivity index (χ3v) is 4.44. The van der Waals surface area contributed by atoms with Crippen LogP contribution in [0.3, 0.4) is 0 Å². The third kappa shape index (κ3) is 3.29. The molecule has 0 bridgehead atoms. The van der Waals surface area contributed by atoms with E-state index in [1.807, 2.05) is 4.90 Å². The van der Waals surface area contributed by atoms with Crippen molar-refractivity contribution in [2.24, 2.45) is 11.3 Å². The zero-order valence-corrected chi connectivity index (χ0v) is 12.2. The Labute approximate surface area is 116 Å². The van der Waals surface area contributed by atoms with Crippen molar-refractivity contribution >= 4 is 5.91 Å². The van der Waals surface area contributed by atoms with E-state index in [-0.39, 0.29) is 18.1 Å². The van der Waals surface area contributed by atoms with Gasteiger partial charge in [-0.2, -0.15) is 0 Å². The topological polar surface area (TPSA) is 49.8 Å². The molecular weight excluding hydrogens is 242 g/mol. The standard InChI is InChI=1S/C15H27NO3/c1-12(2)9-15(5-3-4-6-15)14(18)16-7-8-19-13(10-16)11-17/h12-13,17H,3-11H2,1-2H3. The summed E-state index contributed by atoms with van der Waals surface area (Å²) in [6.07, 6.45) is 5.21. The molecule has 1 saturated heterocycles. The number of ether oxygens (including phenoxy) is 1. The van der Waals surface area contributed by atoms with Crippen LogP contribution in [-0.4, -0.2) is 48.3 Å². The first kappa shape index (κ1) is 14.8. The molecule has 0 radical (unpaired) electrons. The highest BCUT2D eigenvalue weighted by Gasteiger charge is 2.44. The van der Waals surface area contributed by atoms with Crippen LogP contribution in [0.25, 0.3) is 0 Å². The molecule has 0 aromatic heterocycles. The van der Waals surface area contributed by atoms with E-state index >= 15 is 0 Å². The average Bonchev–Trinajstić information content (AvgIpc) is 2.86. The number of hydrogen-bond acceptors (Lipinski definition) is 3. The lowest BCUT2D eigenvalue weighted by Crippen LogP contribution is -2.52. The second-order valence-electron chi connectivity index (χ2n) is 6.51. The number of aliphatic hydroxyl groups excluding tert-OH is 1. The van der Waals surface area contributed by atoms with Crippen molar-refractivity contribution in [2.45, 2.75) is 52.1 Å². The van der Waals surface area contributed by atoms with Crippen LogP contribution in [0.15, 0.2) is 0 Å². The number of nitrogens with zero attached hydrogens (tertiary/aromatic N) is 1. The summed E-state index contributed by atoms with van der Waals surface area (Å²) in [6.45, 7) is 6.17. The maximum atomic E-state index is 12.9. The van der Waals surface area contributed by atoms with Gasteiger partial charge in [0, 0.05) is 18.5 Å². The van der Waals surface area contributed by atoms with Crippen LogP contribution in [0.1, 0.15) is 46.0 Å². The van der Waals surface area contributed by atoms with Gasteiger partial charge < -0.3 is 14.7 Å². The maximum absolute atomic E-state index is 12.9. The highest BCUT2D eigenvalue weighted by atomic mass is 16.5. The highest BCUT2D eigenvalue weighted by Crippen LogP contribution is 2.44. The Hall–Kier alpha value is -0.610. The van der Waals surface area contributed by atoms with Crippen LogP contribution in [0.5, 0.6) is 0 Å². The molecule has 1 aliphatic carbocycles. The molecule has 19 heavy (non-hydrogen) atoms. The lowest BCUT2D eigenvalue weighted by atomic mass is 9.77. The first-order valence-electron chi connectivity index (χ1n) is 7.59. The summed E-state index contributed by atoms with van der Waals surface area (Å²) >= 11 is 0. The van der Waals surface area contributed by atoms with Crippen molar-refractivity contribution in [1.29, 1.82) is 0 Å². The molecule has 2 rings (SSSR count). The Morgan fingerprint density at radius 1 is 1.42 bits per heavy atom. The molecule has 1 atom stereocenters. The van der Waals surface area contributed by atoms with Crippen LogP contribution < -0.4 is 0 Å². The van der Waals surface area contributed by atoms with Crippen LogP contribution in [-0.2, 0) is 9.53 Å². The molecule has 0 spiro atoms. The van der Waals surface area contributed by atoms with Gasteiger partial charge in [-0.05, 0) is 25.2 Å². The van der Waals surface area contributed by atoms with E-state index in [1.54, 1.807) is 0 Å². The summed E-state index contributed by atoms with van der Waals surface area (Å²) in [5.74, 6) is 0.858. The monoisotopic (exact) mass is 269 g/mol. The van der Waals surface area contributed by atoms with Gasteiger partial charge in [0.1, 0.15) is 0 Å². The van der Waals surface area contributed by atoms with Gasteiger partial charge in [-0.25, -0.2) is 0 Å². The molecule has 1 N–H and O–H groups in total. The van der Waals surface area contributed by atoms with Crippen molar-refractivity contribution in [3.05, 3.63) is 0 Å². The van der Waals surface area contributed by atoms with Crippen LogP contribution in [0.2, 0.25) is 0 Å². The Morgan fingerprint density at radius 2 is 2.11 bits per heavy atom. The lowest BCUT2D eigenvalue weighted by Gasteiger charge is -2.39. The SMILES string of the molecule is CC(C)CC1(C(=O)N2CCOC(CO)C2)CCCC1. The van der Waals surface area contributed by atoms with E-state index in [1.165, 1.54) is 12.8 Å². The van der Waals surface area contributed by atoms with E-state index < -0.39 is 0 Å². The number of rotatable bonds is 4. The van der Waals surface area contributed by atoms with Crippen molar-refractivity contribution < 1.29 is 14.6 Å². The molecule has 1 amide bonds. The molecule has 0 aromatic rings. The second kappa shape index (κ2) is 6.23. The Bertz CT molecular complexity index is 311. The Balaban J connectivity index is 2.06. The normalized spacial score (nSPS) is 26.9. The fraction of sp³-hybridized carbons (Fsp3) is 0.933. The van der Waals surface area contributed by atoms with E-state index in [0.29, 0.717) is 31.5 Å². The first-order chi connectivity index (χ1) is 9.07. The van der Waals surface area contributed by atoms with E-state index in [2.05, 4.69) is 13.8 Å². The van der Waals surface area contributed by atoms with Gasteiger partial charge in [-0.3, -0.25) is 4.79 Å². The second-order valence-corrected chi connectivity index (χ2v) is 6.51. The predicted molar refractivity (Wildman–Crippen MR) is 73.8 cm³/mol. The molecule has 4 heteroatoms. The van der Waals surface area contributed by atoms with Gasteiger partial charge in [-0.1, -0.05) is 26.7 Å². The zero-order valence-electron chi connectivity index (χ0n) is 12.2. The van der Waals surface area contributed by atoms with E-state index in [4.69, 9.17) is 4.74 Å². The number of carbonyl (C=O) groups excluding carboxylic acids is 1. The highest BCUT2D eigenvalue weighted by molar-refractivity contribution is 5.83. The predicted octanol–water partition coefficient (Wildman–Crippen LogP) is 1.81. The first-order valence-corrected chi connectivity index (χ1v) is 7.59. The van der Waals surface area contributed by atoms with Crippen LogP contribution in [0.4, 0.5) is 0 Å². The van der Waals surface area contributed by atoms with E-state index in [9.17, 15) is 9.90 Å². The summed E-state index contributed by atoms with van der Waals surface area (Å²) in [4.78, 5) is 14.8. The third-order valence-electron chi connectivity index (χ3n) is 4.44. The number of amides is 1. The Kier molecular flexibility index (Phi) is 4.85. The van der Waals surface area contributed by atoms with Crippen molar-refractivity contribution in [3.63, 3.8) is 0 Å². The fourth-order valence-corrected chi connectivity index (χ4v) is 3.69. The Morgan fingerprint density at radius 3 is 2.68 bits per heavy atom. The summed E-state index contributed by atoms with van der Waals surface area (Å²) < 4.78 is 5.44. The smallest absolute Gasteiger partial charge is 0.228 e. The van der Waals surface area contributed by atoms with Crippen molar-refractivity contribution in [1.82, 2.24) is 4.90 Å². The molecule has 2 fully saturated rings. The molecule has 110 valence electrons. The molecular formula is C15H27NO3. The lowest BCUT2D eigenvalue weighted by molar-refractivity contribution is -0.151. The summed E-state index contributed by atoms with van der Waals surface area (Å²) in [6, 6.07) is 0. The number of hydrogen-bond donors (Lipinski definition) is 1. The van der Waals surface area contributed by atoms with Gasteiger partial charge >= 0.3 is 0 Å². The number of morpholine rings is 1. The minimum Gasteiger partial charge on any atom is -0.394 e. The van der Waals surface area contributed by atoms with Gasteiger partial charge in [-0.15, -0.1) is 0 Å². The number of aliphatic hydroxyl groups is 1. The fourth-order valence-electron chi connectivity index (χ4n) is 3.69. The molecule has 1 heterocycles. The zero-order chi connectivity index (χ0) is 13.9. The van der Waals surface area contributed by atoms with Crippen molar-refractivity contribution in [3.8, 4) is 0 Å². The number of carbonyl (C=O) groups is 1. The molecule has 2 aliphatic rings. The van der Waals surface area contributed by atoms with Gasteiger partial charge in [0.15, 0.2) is 0 Å². The largest absolute Gasteiger partial charge is 0.394 e. The minimum absolute atomic E-state index is 0.000953. The quantitative estimate of drug-likeness (QED) is 0.847. The van der Waals surface area contributed by atoms with E-state index in [0.717, 1.165) is 19.3 Å². The van der Waals surface area contributed by atoms with Gasteiger partial charge in [0.05, 0.1) is 19.3 Å². The minimum atomic E-state index is -0.199. The molecule has 1 aliphatic heterocycles. The van der Waals surface area contributed by atoms with Crippen molar-refractivity contribution in [2.75, 3.05) is 26.3 Å². The average molecular weight is 269 g/mol. The van der Waals surface area contributed by atoms with Gasteiger partial charge in [0.2, 0.25) is 5.91 Å². The summed E-state index contributed by atoms with van der Waals surface area (Å²) in [7, 11) is 0. The summed E-state index contributed by atoms with van der Waals surface area (Å²) in [5.41, 5.74) is -0.133. The van der Waals surface area contributed by atoms with Crippen LogP contribution in [0, 0.1) is 11.3 Å². The molecule has 1 saturated carbocycles. The molecule has 1 unspecified atom stereocenters. The molecule has 4 nitrogen and oxygen atoms in total.